The summed E-state index contributed by atoms with van der Waals surface area (Å²) in [5.74, 6) is 0.696. The monoisotopic (exact) mass is 285 g/mol. The second-order valence-electron chi connectivity index (χ2n) is 3.25. The summed E-state index contributed by atoms with van der Waals surface area (Å²) in [6.45, 7) is 1.94. The molecule has 0 aliphatic carbocycles. The fourth-order valence-corrected chi connectivity index (χ4v) is 2.34. The van der Waals surface area contributed by atoms with Crippen molar-refractivity contribution in [2.24, 2.45) is 0 Å². The molecule has 0 saturated heterocycles. The van der Waals surface area contributed by atoms with Crippen molar-refractivity contribution in [2.75, 3.05) is 7.11 Å². The van der Waals surface area contributed by atoms with Gasteiger partial charge in [-0.2, -0.15) is 0 Å². The van der Waals surface area contributed by atoms with E-state index in [1.807, 2.05) is 19.1 Å². The summed E-state index contributed by atoms with van der Waals surface area (Å²) in [5, 5.41) is 1.61. The Kier molecular flexibility index (Phi) is 2.85. The molecule has 0 spiro atoms. The van der Waals surface area contributed by atoms with Crippen LogP contribution in [0.1, 0.15) is 5.69 Å². The van der Waals surface area contributed by atoms with Crippen molar-refractivity contribution in [3.63, 3.8) is 0 Å². The lowest BCUT2D eigenvalue weighted by atomic mass is 10.2. The molecule has 0 aliphatic rings. The number of ether oxygens (including phenoxy) is 1. The summed E-state index contributed by atoms with van der Waals surface area (Å²) in [6, 6.07) is 5.59. The zero-order valence-corrected chi connectivity index (χ0v) is 10.7. The summed E-state index contributed by atoms with van der Waals surface area (Å²) >= 11 is 9.48. The minimum absolute atomic E-state index is 0.644. The van der Waals surface area contributed by atoms with Crippen molar-refractivity contribution in [1.82, 2.24) is 4.98 Å². The van der Waals surface area contributed by atoms with E-state index in [1.165, 1.54) is 0 Å². The molecular formula is C11H9BrClNO. The average Bonchev–Trinajstić information content (AvgIpc) is 2.18. The molecule has 15 heavy (non-hydrogen) atoms. The molecule has 0 bridgehead atoms. The van der Waals surface area contributed by atoms with E-state index in [-0.39, 0.29) is 0 Å². The van der Waals surface area contributed by atoms with Crippen LogP contribution in [-0.2, 0) is 0 Å². The lowest BCUT2D eigenvalue weighted by Gasteiger charge is -2.07. The van der Waals surface area contributed by atoms with Crippen molar-refractivity contribution in [2.45, 2.75) is 6.92 Å². The number of nitrogens with zero attached hydrogens (tertiary/aromatic N) is 1. The number of halogens is 2. The molecular weight excluding hydrogens is 277 g/mol. The largest absolute Gasteiger partial charge is 0.494 e. The zero-order chi connectivity index (χ0) is 11.0. The van der Waals surface area contributed by atoms with Crippen LogP contribution in [0.3, 0.4) is 0 Å². The molecule has 0 radical (unpaired) electrons. The van der Waals surface area contributed by atoms with Crippen LogP contribution < -0.4 is 4.74 Å². The van der Waals surface area contributed by atoms with Gasteiger partial charge in [-0.25, -0.2) is 4.98 Å². The molecule has 0 amide bonds. The smallest absolute Gasteiger partial charge is 0.146 e. The molecule has 1 aromatic heterocycles. The SMILES string of the molecule is COc1cc(Cl)cc2c(Br)cc(C)nc12. The number of hydrogen-bond acceptors (Lipinski definition) is 2. The van der Waals surface area contributed by atoms with Gasteiger partial charge in [0.1, 0.15) is 11.3 Å². The minimum atomic E-state index is 0.644. The van der Waals surface area contributed by atoms with Crippen LogP contribution in [0.15, 0.2) is 22.7 Å². The molecule has 1 heterocycles. The molecule has 2 aromatic rings. The maximum atomic E-state index is 5.99. The van der Waals surface area contributed by atoms with E-state index in [1.54, 1.807) is 13.2 Å². The van der Waals surface area contributed by atoms with Gasteiger partial charge in [-0.3, -0.25) is 0 Å². The van der Waals surface area contributed by atoms with Gasteiger partial charge in [-0.05, 0) is 19.1 Å². The lowest BCUT2D eigenvalue weighted by Crippen LogP contribution is -1.90. The Balaban J connectivity index is 2.89. The maximum absolute atomic E-state index is 5.99. The Morgan fingerprint density at radius 2 is 2.07 bits per heavy atom. The Morgan fingerprint density at radius 1 is 1.33 bits per heavy atom. The van der Waals surface area contributed by atoms with E-state index >= 15 is 0 Å². The van der Waals surface area contributed by atoms with Crippen molar-refractivity contribution in [3.8, 4) is 5.75 Å². The second-order valence-corrected chi connectivity index (χ2v) is 4.54. The highest BCUT2D eigenvalue weighted by Gasteiger charge is 2.08. The number of methoxy groups -OCH3 is 1. The van der Waals surface area contributed by atoms with Gasteiger partial charge in [-0.15, -0.1) is 0 Å². The third kappa shape index (κ3) is 1.94. The Hall–Kier alpha value is -0.800. The first kappa shape index (κ1) is 10.7. The van der Waals surface area contributed by atoms with Crippen molar-refractivity contribution in [3.05, 3.63) is 33.4 Å². The molecule has 0 unspecified atom stereocenters. The van der Waals surface area contributed by atoms with Gasteiger partial charge in [-0.1, -0.05) is 27.5 Å². The molecule has 0 fully saturated rings. The third-order valence-corrected chi connectivity index (χ3v) is 3.02. The van der Waals surface area contributed by atoms with Gasteiger partial charge in [0.2, 0.25) is 0 Å². The molecule has 0 N–H and O–H groups in total. The average molecular weight is 287 g/mol. The topological polar surface area (TPSA) is 22.1 Å². The molecule has 2 rings (SSSR count). The molecule has 0 atom stereocenters. The van der Waals surface area contributed by atoms with Crippen LogP contribution in [0.5, 0.6) is 5.75 Å². The molecule has 78 valence electrons. The van der Waals surface area contributed by atoms with Crippen molar-refractivity contribution < 1.29 is 4.74 Å². The van der Waals surface area contributed by atoms with E-state index in [0.717, 1.165) is 21.1 Å². The fraction of sp³-hybridized carbons (Fsp3) is 0.182. The second kappa shape index (κ2) is 3.99. The third-order valence-electron chi connectivity index (χ3n) is 2.14. The predicted octanol–water partition coefficient (Wildman–Crippen LogP) is 3.97. The van der Waals surface area contributed by atoms with Crippen LogP contribution in [0, 0.1) is 6.92 Å². The number of fused-ring (bicyclic) bond motifs is 1. The van der Waals surface area contributed by atoms with Crippen LogP contribution >= 0.6 is 27.5 Å². The molecule has 0 saturated carbocycles. The van der Waals surface area contributed by atoms with Gasteiger partial charge in [0.05, 0.1) is 7.11 Å². The Bertz CT molecular complexity index is 527. The van der Waals surface area contributed by atoms with Crippen LogP contribution in [-0.4, -0.2) is 12.1 Å². The minimum Gasteiger partial charge on any atom is -0.494 e. The number of benzene rings is 1. The van der Waals surface area contributed by atoms with Gasteiger partial charge >= 0.3 is 0 Å². The van der Waals surface area contributed by atoms with Crippen LogP contribution in [0.25, 0.3) is 10.9 Å². The highest BCUT2D eigenvalue weighted by atomic mass is 79.9. The van der Waals surface area contributed by atoms with Gasteiger partial charge < -0.3 is 4.74 Å². The quantitative estimate of drug-likeness (QED) is 0.791. The van der Waals surface area contributed by atoms with Gasteiger partial charge in [0, 0.05) is 26.6 Å². The maximum Gasteiger partial charge on any atom is 0.146 e. The number of aromatic nitrogens is 1. The van der Waals surface area contributed by atoms with E-state index in [0.29, 0.717) is 10.8 Å². The van der Waals surface area contributed by atoms with E-state index in [9.17, 15) is 0 Å². The normalized spacial score (nSPS) is 10.7. The number of aryl methyl sites for hydroxylation is 1. The molecule has 4 heteroatoms. The number of rotatable bonds is 1. The lowest BCUT2D eigenvalue weighted by molar-refractivity contribution is 0.419. The Labute approximate surface area is 101 Å². The summed E-state index contributed by atoms with van der Waals surface area (Å²) < 4.78 is 6.23. The molecule has 2 nitrogen and oxygen atoms in total. The molecule has 0 aliphatic heterocycles. The van der Waals surface area contributed by atoms with Crippen molar-refractivity contribution >= 4 is 38.4 Å². The zero-order valence-electron chi connectivity index (χ0n) is 8.34. The van der Waals surface area contributed by atoms with Crippen LogP contribution in [0.4, 0.5) is 0 Å². The van der Waals surface area contributed by atoms with E-state index in [2.05, 4.69) is 20.9 Å². The fourth-order valence-electron chi connectivity index (χ4n) is 1.50. The standard InChI is InChI=1S/C11H9BrClNO/c1-6-3-9(12)8-4-7(13)5-10(15-2)11(8)14-6/h3-5H,1-2H3. The number of hydrogen-bond donors (Lipinski definition) is 0. The summed E-state index contributed by atoms with van der Waals surface area (Å²) in [4.78, 5) is 4.43. The highest BCUT2D eigenvalue weighted by Crippen LogP contribution is 2.33. The van der Waals surface area contributed by atoms with Gasteiger partial charge in [0.25, 0.3) is 0 Å². The summed E-state index contributed by atoms with van der Waals surface area (Å²) in [5.41, 5.74) is 1.77. The predicted molar refractivity (Wildman–Crippen MR) is 65.7 cm³/mol. The van der Waals surface area contributed by atoms with E-state index < -0.39 is 0 Å². The highest BCUT2D eigenvalue weighted by molar-refractivity contribution is 9.10. The Morgan fingerprint density at radius 3 is 2.73 bits per heavy atom. The summed E-state index contributed by atoms with van der Waals surface area (Å²) in [6.07, 6.45) is 0. The summed E-state index contributed by atoms with van der Waals surface area (Å²) in [7, 11) is 1.61. The first-order chi connectivity index (χ1) is 7.11. The first-order valence-electron chi connectivity index (χ1n) is 4.42. The van der Waals surface area contributed by atoms with E-state index in [4.69, 9.17) is 16.3 Å². The first-order valence-corrected chi connectivity index (χ1v) is 5.59. The van der Waals surface area contributed by atoms with Crippen LogP contribution in [0.2, 0.25) is 5.02 Å². The van der Waals surface area contributed by atoms with Gasteiger partial charge in [0.15, 0.2) is 0 Å². The number of pyridine rings is 1. The molecule has 1 aromatic carbocycles. The van der Waals surface area contributed by atoms with Crippen molar-refractivity contribution in [1.29, 1.82) is 0 Å².